The van der Waals surface area contributed by atoms with Crippen molar-refractivity contribution in [2.75, 3.05) is 33.2 Å². The smallest absolute Gasteiger partial charge is 0.122 e. The summed E-state index contributed by atoms with van der Waals surface area (Å²) in [5.74, 6) is 1.96. The summed E-state index contributed by atoms with van der Waals surface area (Å²) >= 11 is 0. The molecule has 4 heteroatoms. The lowest BCUT2D eigenvalue weighted by Gasteiger charge is -2.41. The summed E-state index contributed by atoms with van der Waals surface area (Å²) in [6.45, 7) is 8.09. The summed E-state index contributed by atoms with van der Waals surface area (Å²) in [7, 11) is 2.17. The fourth-order valence-corrected chi connectivity index (χ4v) is 2.66. The first-order valence-electron chi connectivity index (χ1n) is 6.32. The first-order valence-corrected chi connectivity index (χ1v) is 6.32. The Kier molecular flexibility index (Phi) is 3.86. The van der Waals surface area contributed by atoms with E-state index < -0.39 is 0 Å². The first-order chi connectivity index (χ1) is 8.11. The third kappa shape index (κ3) is 2.70. The summed E-state index contributed by atoms with van der Waals surface area (Å²) < 4.78 is 5.73. The van der Waals surface area contributed by atoms with Crippen molar-refractivity contribution in [3.05, 3.63) is 23.7 Å². The lowest BCUT2D eigenvalue weighted by molar-refractivity contribution is 0.0548. The molecule has 1 aromatic rings. The Balaban J connectivity index is 2.13. The highest BCUT2D eigenvalue weighted by molar-refractivity contribution is 5.11. The van der Waals surface area contributed by atoms with Gasteiger partial charge >= 0.3 is 0 Å². The molecule has 1 aliphatic rings. The van der Waals surface area contributed by atoms with Crippen molar-refractivity contribution in [2.45, 2.75) is 25.9 Å². The van der Waals surface area contributed by atoms with Crippen molar-refractivity contribution in [1.82, 2.24) is 9.80 Å². The second-order valence-corrected chi connectivity index (χ2v) is 5.05. The normalized spacial score (nSPS) is 25.1. The molecule has 2 N–H and O–H groups in total. The molecular formula is C13H23N3O. The first kappa shape index (κ1) is 12.6. The van der Waals surface area contributed by atoms with E-state index in [1.54, 1.807) is 0 Å². The molecule has 0 amide bonds. The number of rotatable bonds is 3. The fourth-order valence-electron chi connectivity index (χ4n) is 2.66. The summed E-state index contributed by atoms with van der Waals surface area (Å²) in [5.41, 5.74) is 5.93. The number of likely N-dealkylation sites (N-methyl/N-ethyl adjacent to an activating group) is 1. The molecule has 1 aliphatic heterocycles. The average Bonchev–Trinajstić information content (AvgIpc) is 2.69. The molecule has 2 rings (SSSR count). The van der Waals surface area contributed by atoms with Crippen molar-refractivity contribution in [1.29, 1.82) is 0 Å². The molecule has 0 bridgehead atoms. The summed E-state index contributed by atoms with van der Waals surface area (Å²) in [4.78, 5) is 4.82. The van der Waals surface area contributed by atoms with Crippen LogP contribution in [-0.2, 0) is 0 Å². The molecule has 0 spiro atoms. The molecule has 17 heavy (non-hydrogen) atoms. The van der Waals surface area contributed by atoms with Crippen LogP contribution in [0.25, 0.3) is 0 Å². The topological polar surface area (TPSA) is 45.6 Å². The molecule has 2 unspecified atom stereocenters. The van der Waals surface area contributed by atoms with E-state index in [0.29, 0.717) is 12.6 Å². The maximum atomic E-state index is 5.93. The van der Waals surface area contributed by atoms with Crippen molar-refractivity contribution >= 4 is 0 Å². The molecule has 0 radical (unpaired) electrons. The van der Waals surface area contributed by atoms with Crippen LogP contribution in [0.15, 0.2) is 16.5 Å². The minimum absolute atomic E-state index is 0.215. The molecule has 0 aliphatic carbocycles. The Morgan fingerprint density at radius 2 is 2.24 bits per heavy atom. The van der Waals surface area contributed by atoms with Gasteiger partial charge in [-0.25, -0.2) is 0 Å². The Morgan fingerprint density at radius 3 is 2.76 bits per heavy atom. The predicted molar refractivity (Wildman–Crippen MR) is 68.9 cm³/mol. The second-order valence-electron chi connectivity index (χ2n) is 5.05. The van der Waals surface area contributed by atoms with Gasteiger partial charge in [-0.05, 0) is 33.0 Å². The van der Waals surface area contributed by atoms with Gasteiger partial charge in [0.2, 0.25) is 0 Å². The number of hydrogen-bond acceptors (Lipinski definition) is 4. The van der Waals surface area contributed by atoms with E-state index in [4.69, 9.17) is 10.2 Å². The predicted octanol–water partition coefficient (Wildman–Crippen LogP) is 1.22. The molecule has 1 saturated heterocycles. The van der Waals surface area contributed by atoms with Gasteiger partial charge in [-0.2, -0.15) is 0 Å². The number of nitrogens with two attached hydrogens (primary N) is 1. The maximum Gasteiger partial charge on any atom is 0.122 e. The van der Waals surface area contributed by atoms with E-state index in [0.717, 1.165) is 31.2 Å². The molecule has 2 heterocycles. The number of furan rings is 1. The number of nitrogens with zero attached hydrogens (tertiary/aromatic N) is 2. The van der Waals surface area contributed by atoms with Crippen molar-refractivity contribution in [2.24, 2.45) is 5.73 Å². The van der Waals surface area contributed by atoms with Gasteiger partial charge in [0.05, 0.1) is 6.04 Å². The summed E-state index contributed by atoms with van der Waals surface area (Å²) in [6.07, 6.45) is 0. The van der Waals surface area contributed by atoms with Crippen LogP contribution in [0.1, 0.15) is 24.5 Å². The van der Waals surface area contributed by atoms with E-state index >= 15 is 0 Å². The average molecular weight is 237 g/mol. The zero-order valence-electron chi connectivity index (χ0n) is 11.0. The Labute approximate surface area is 103 Å². The second kappa shape index (κ2) is 5.21. The van der Waals surface area contributed by atoms with Crippen molar-refractivity contribution in [3.8, 4) is 0 Å². The third-order valence-electron chi connectivity index (χ3n) is 3.60. The Bertz CT molecular complexity index is 363. The monoisotopic (exact) mass is 237 g/mol. The van der Waals surface area contributed by atoms with Gasteiger partial charge in [0.1, 0.15) is 11.5 Å². The zero-order chi connectivity index (χ0) is 12.4. The highest BCUT2D eigenvalue weighted by Gasteiger charge is 2.29. The van der Waals surface area contributed by atoms with Gasteiger partial charge in [0, 0.05) is 32.2 Å². The van der Waals surface area contributed by atoms with Crippen molar-refractivity contribution < 1.29 is 4.42 Å². The van der Waals surface area contributed by atoms with E-state index in [1.807, 2.05) is 13.0 Å². The van der Waals surface area contributed by atoms with E-state index in [-0.39, 0.29) is 6.04 Å². The van der Waals surface area contributed by atoms with Gasteiger partial charge in [-0.3, -0.25) is 4.90 Å². The van der Waals surface area contributed by atoms with Crippen LogP contribution in [0.3, 0.4) is 0 Å². The molecule has 1 fully saturated rings. The van der Waals surface area contributed by atoms with E-state index in [1.165, 1.54) is 0 Å². The van der Waals surface area contributed by atoms with Gasteiger partial charge in [-0.15, -0.1) is 0 Å². The lowest BCUT2D eigenvalue weighted by atomic mass is 10.1. The number of piperazine rings is 1. The minimum Gasteiger partial charge on any atom is -0.465 e. The highest BCUT2D eigenvalue weighted by Crippen LogP contribution is 2.25. The van der Waals surface area contributed by atoms with Crippen LogP contribution in [-0.4, -0.2) is 49.1 Å². The van der Waals surface area contributed by atoms with Crippen LogP contribution in [0.2, 0.25) is 0 Å². The third-order valence-corrected chi connectivity index (χ3v) is 3.60. The minimum atomic E-state index is 0.215. The summed E-state index contributed by atoms with van der Waals surface area (Å²) in [5, 5.41) is 0. The largest absolute Gasteiger partial charge is 0.465 e. The summed E-state index contributed by atoms with van der Waals surface area (Å²) in [6, 6.07) is 4.80. The number of hydrogen-bond donors (Lipinski definition) is 1. The highest BCUT2D eigenvalue weighted by atomic mass is 16.3. The molecule has 2 atom stereocenters. The molecular weight excluding hydrogens is 214 g/mol. The van der Waals surface area contributed by atoms with Crippen molar-refractivity contribution in [3.63, 3.8) is 0 Å². The van der Waals surface area contributed by atoms with Crippen LogP contribution in [0.5, 0.6) is 0 Å². The maximum absolute atomic E-state index is 5.93. The Morgan fingerprint density at radius 1 is 1.47 bits per heavy atom. The van der Waals surface area contributed by atoms with E-state index in [2.05, 4.69) is 29.8 Å². The quantitative estimate of drug-likeness (QED) is 0.858. The van der Waals surface area contributed by atoms with Crippen LogP contribution in [0.4, 0.5) is 0 Å². The van der Waals surface area contributed by atoms with Gasteiger partial charge in [-0.1, -0.05) is 0 Å². The SMILES string of the molecule is Cc1ccc(C(CN)N2CCN(C)CC2C)o1. The van der Waals surface area contributed by atoms with E-state index in [9.17, 15) is 0 Å². The van der Waals surface area contributed by atoms with Gasteiger partial charge < -0.3 is 15.1 Å². The molecule has 1 aromatic heterocycles. The molecule has 4 nitrogen and oxygen atoms in total. The standard InChI is InChI=1S/C13H23N3O/c1-10-9-15(3)6-7-16(10)12(8-14)13-5-4-11(2)17-13/h4-5,10,12H,6-9,14H2,1-3H3. The van der Waals surface area contributed by atoms with Crippen LogP contribution in [0, 0.1) is 6.92 Å². The van der Waals surface area contributed by atoms with Crippen LogP contribution >= 0.6 is 0 Å². The Hall–Kier alpha value is -0.840. The zero-order valence-corrected chi connectivity index (χ0v) is 11.0. The van der Waals surface area contributed by atoms with Gasteiger partial charge in [0.25, 0.3) is 0 Å². The fraction of sp³-hybridized carbons (Fsp3) is 0.692. The van der Waals surface area contributed by atoms with Crippen LogP contribution < -0.4 is 5.73 Å². The van der Waals surface area contributed by atoms with Gasteiger partial charge in [0.15, 0.2) is 0 Å². The molecule has 0 saturated carbocycles. The lowest BCUT2D eigenvalue weighted by Crippen LogP contribution is -2.52. The number of aryl methyl sites for hydroxylation is 1. The molecule has 96 valence electrons. The molecule has 0 aromatic carbocycles.